The highest BCUT2D eigenvalue weighted by Gasteiger charge is 2.13. The minimum Gasteiger partial charge on any atom is -0.446 e. The van der Waals surface area contributed by atoms with Crippen molar-refractivity contribution < 1.29 is 8.94 Å². The maximum absolute atomic E-state index is 5.70. The number of nitrogen functional groups attached to an aromatic ring is 1. The number of anilines is 1. The molecular weight excluding hydrogens is 298 g/mol. The maximum atomic E-state index is 5.70. The van der Waals surface area contributed by atoms with Crippen LogP contribution in [0.15, 0.2) is 50.0 Å². The van der Waals surface area contributed by atoms with E-state index in [2.05, 4.69) is 26.1 Å². The summed E-state index contributed by atoms with van der Waals surface area (Å²) in [5, 5.41) is 3.86. The molecule has 0 saturated carbocycles. The smallest absolute Gasteiger partial charge is 0.258 e. The average molecular weight is 306 g/mol. The van der Waals surface area contributed by atoms with Crippen LogP contribution in [0, 0.1) is 0 Å². The molecule has 0 saturated heterocycles. The lowest BCUT2D eigenvalue weighted by Crippen LogP contribution is -1.85. The van der Waals surface area contributed by atoms with Crippen molar-refractivity contribution in [2.24, 2.45) is 0 Å². The van der Waals surface area contributed by atoms with Gasteiger partial charge in [0.05, 0.1) is 0 Å². The molecule has 0 unspecified atom stereocenters. The fourth-order valence-electron chi connectivity index (χ4n) is 1.55. The molecule has 0 aliphatic carbocycles. The Morgan fingerprint density at radius 3 is 2.78 bits per heavy atom. The molecule has 0 spiro atoms. The molecule has 3 rings (SSSR count). The molecule has 0 aliphatic heterocycles. The van der Waals surface area contributed by atoms with Gasteiger partial charge in [0.15, 0.2) is 10.4 Å². The van der Waals surface area contributed by atoms with Gasteiger partial charge in [0.25, 0.3) is 5.89 Å². The summed E-state index contributed by atoms with van der Waals surface area (Å²) in [6, 6.07) is 10.8. The van der Waals surface area contributed by atoms with Gasteiger partial charge in [-0.1, -0.05) is 11.2 Å². The van der Waals surface area contributed by atoms with Crippen molar-refractivity contribution in [1.29, 1.82) is 0 Å². The van der Waals surface area contributed by atoms with Crippen molar-refractivity contribution in [1.82, 2.24) is 10.1 Å². The van der Waals surface area contributed by atoms with Crippen molar-refractivity contribution in [3.63, 3.8) is 0 Å². The summed E-state index contributed by atoms with van der Waals surface area (Å²) in [6.45, 7) is 0. The molecule has 2 N–H and O–H groups in total. The van der Waals surface area contributed by atoms with Crippen LogP contribution in [0.1, 0.15) is 0 Å². The number of nitrogens with two attached hydrogens (primary N) is 1. The molecule has 5 nitrogen and oxygen atoms in total. The zero-order valence-corrected chi connectivity index (χ0v) is 10.7. The first-order valence-electron chi connectivity index (χ1n) is 5.18. The number of furan rings is 1. The van der Waals surface area contributed by atoms with E-state index in [0.29, 0.717) is 27.8 Å². The van der Waals surface area contributed by atoms with Gasteiger partial charge in [0.2, 0.25) is 5.82 Å². The van der Waals surface area contributed by atoms with Crippen LogP contribution in [0.25, 0.3) is 23.0 Å². The lowest BCUT2D eigenvalue weighted by atomic mass is 10.2. The molecule has 90 valence electrons. The monoisotopic (exact) mass is 305 g/mol. The van der Waals surface area contributed by atoms with Crippen LogP contribution in [0.2, 0.25) is 0 Å². The van der Waals surface area contributed by atoms with Crippen LogP contribution < -0.4 is 5.73 Å². The van der Waals surface area contributed by atoms with Gasteiger partial charge in [0, 0.05) is 11.3 Å². The number of nitrogens with zero attached hydrogens (tertiary/aromatic N) is 2. The van der Waals surface area contributed by atoms with Gasteiger partial charge in [-0.2, -0.15) is 4.98 Å². The van der Waals surface area contributed by atoms with Crippen molar-refractivity contribution >= 4 is 21.6 Å². The van der Waals surface area contributed by atoms with Crippen LogP contribution in [0.5, 0.6) is 0 Å². The number of halogens is 1. The Hall–Kier alpha value is -2.08. The minimum absolute atomic E-state index is 0.401. The number of benzene rings is 1. The number of aromatic nitrogens is 2. The molecule has 2 heterocycles. The van der Waals surface area contributed by atoms with Crippen molar-refractivity contribution in [2.45, 2.75) is 0 Å². The lowest BCUT2D eigenvalue weighted by molar-refractivity contribution is 0.429. The number of hydrogen-bond acceptors (Lipinski definition) is 5. The predicted octanol–water partition coefficient (Wildman–Crippen LogP) is 3.34. The summed E-state index contributed by atoms with van der Waals surface area (Å²) in [5.41, 5.74) is 7.13. The van der Waals surface area contributed by atoms with Crippen LogP contribution in [-0.2, 0) is 0 Å². The Labute approximate surface area is 111 Å². The van der Waals surface area contributed by atoms with E-state index in [4.69, 9.17) is 14.7 Å². The summed E-state index contributed by atoms with van der Waals surface area (Å²) in [7, 11) is 0. The van der Waals surface area contributed by atoms with Gasteiger partial charge in [0.1, 0.15) is 0 Å². The van der Waals surface area contributed by atoms with E-state index in [1.54, 1.807) is 24.3 Å². The molecule has 0 aliphatic rings. The first-order valence-corrected chi connectivity index (χ1v) is 5.97. The van der Waals surface area contributed by atoms with E-state index < -0.39 is 0 Å². The van der Waals surface area contributed by atoms with Crippen molar-refractivity contribution in [2.75, 3.05) is 5.73 Å². The van der Waals surface area contributed by atoms with Gasteiger partial charge in [-0.25, -0.2) is 0 Å². The highest BCUT2D eigenvalue weighted by Crippen LogP contribution is 2.26. The van der Waals surface area contributed by atoms with E-state index in [0.717, 1.165) is 5.56 Å². The number of hydrogen-bond donors (Lipinski definition) is 1. The van der Waals surface area contributed by atoms with Gasteiger partial charge in [-0.3, -0.25) is 0 Å². The third kappa shape index (κ3) is 2.02. The molecule has 18 heavy (non-hydrogen) atoms. The van der Waals surface area contributed by atoms with Crippen LogP contribution in [-0.4, -0.2) is 10.1 Å². The van der Waals surface area contributed by atoms with Crippen molar-refractivity contribution in [3.8, 4) is 23.0 Å². The zero-order chi connectivity index (χ0) is 12.5. The second kappa shape index (κ2) is 4.30. The largest absolute Gasteiger partial charge is 0.446 e. The first kappa shape index (κ1) is 11.0. The second-order valence-corrected chi connectivity index (χ2v) is 4.43. The quantitative estimate of drug-likeness (QED) is 0.735. The van der Waals surface area contributed by atoms with Crippen LogP contribution in [0.4, 0.5) is 5.69 Å². The molecule has 0 radical (unpaired) electrons. The third-order valence-corrected chi connectivity index (χ3v) is 2.78. The molecule has 0 bridgehead atoms. The molecular formula is C12H8BrN3O2. The summed E-state index contributed by atoms with van der Waals surface area (Å²) < 4.78 is 11.1. The Morgan fingerprint density at radius 1 is 1.17 bits per heavy atom. The Kier molecular flexibility index (Phi) is 2.64. The van der Waals surface area contributed by atoms with Gasteiger partial charge < -0.3 is 14.7 Å². The normalized spacial score (nSPS) is 10.7. The van der Waals surface area contributed by atoms with Gasteiger partial charge in [-0.15, -0.1) is 0 Å². The maximum Gasteiger partial charge on any atom is 0.258 e. The fraction of sp³-hybridized carbons (Fsp3) is 0. The first-order chi connectivity index (χ1) is 8.72. The molecule has 6 heteroatoms. The topological polar surface area (TPSA) is 78.1 Å². The Balaban J connectivity index is 1.99. The molecule has 1 aromatic carbocycles. The molecule has 0 amide bonds. The predicted molar refractivity (Wildman–Crippen MR) is 69.5 cm³/mol. The highest BCUT2D eigenvalue weighted by atomic mass is 79.9. The van der Waals surface area contributed by atoms with Crippen LogP contribution >= 0.6 is 15.9 Å². The molecule has 3 aromatic rings. The Morgan fingerprint density at radius 2 is 2.06 bits per heavy atom. The van der Waals surface area contributed by atoms with Crippen molar-refractivity contribution in [3.05, 3.63) is 41.1 Å². The standard InChI is InChI=1S/C12H8BrN3O2/c13-10-5-4-9(17-10)11-15-12(18-16-11)7-2-1-3-8(14)6-7/h1-6H,14H2. The summed E-state index contributed by atoms with van der Waals surface area (Å²) in [4.78, 5) is 4.26. The SMILES string of the molecule is Nc1cccc(-c2nc(-c3ccc(Br)o3)no2)c1. The third-order valence-electron chi connectivity index (χ3n) is 2.35. The second-order valence-electron chi connectivity index (χ2n) is 3.65. The zero-order valence-electron chi connectivity index (χ0n) is 9.13. The lowest BCUT2D eigenvalue weighted by Gasteiger charge is -1.94. The highest BCUT2D eigenvalue weighted by molar-refractivity contribution is 9.10. The summed E-state index contributed by atoms with van der Waals surface area (Å²) in [6.07, 6.45) is 0. The average Bonchev–Trinajstić information content (AvgIpc) is 2.97. The van der Waals surface area contributed by atoms with Crippen LogP contribution in [0.3, 0.4) is 0 Å². The molecule has 2 aromatic heterocycles. The summed E-state index contributed by atoms with van der Waals surface area (Å²) >= 11 is 3.22. The van der Waals surface area contributed by atoms with E-state index in [-0.39, 0.29) is 0 Å². The van der Waals surface area contributed by atoms with E-state index in [1.807, 2.05) is 12.1 Å². The fourth-order valence-corrected chi connectivity index (χ4v) is 1.85. The van der Waals surface area contributed by atoms with E-state index in [1.165, 1.54) is 0 Å². The van der Waals surface area contributed by atoms with Gasteiger partial charge in [-0.05, 0) is 46.3 Å². The Bertz CT molecular complexity index is 690. The van der Waals surface area contributed by atoms with E-state index >= 15 is 0 Å². The summed E-state index contributed by atoms with van der Waals surface area (Å²) in [5.74, 6) is 1.35. The molecule has 0 fully saturated rings. The number of rotatable bonds is 2. The van der Waals surface area contributed by atoms with Gasteiger partial charge >= 0.3 is 0 Å². The minimum atomic E-state index is 0.401. The molecule has 0 atom stereocenters. The van der Waals surface area contributed by atoms with E-state index in [9.17, 15) is 0 Å².